The Morgan fingerprint density at radius 1 is 1.05 bits per heavy atom. The summed E-state index contributed by atoms with van der Waals surface area (Å²) in [7, 11) is 0. The van der Waals surface area contributed by atoms with E-state index in [1.54, 1.807) is 24.3 Å². The molecule has 2 rings (SSSR count). The summed E-state index contributed by atoms with van der Waals surface area (Å²) < 4.78 is 0. The maximum atomic E-state index is 11.9. The zero-order valence-electron chi connectivity index (χ0n) is 10.3. The number of pyridine rings is 1. The lowest BCUT2D eigenvalue weighted by molar-refractivity contribution is 0.102. The first-order chi connectivity index (χ1) is 9.56. The van der Waals surface area contributed by atoms with Gasteiger partial charge < -0.3 is 21.4 Å². The van der Waals surface area contributed by atoms with E-state index < -0.39 is 17.5 Å². The number of anilines is 2. The number of aromatic amines is 1. The fourth-order valence-electron chi connectivity index (χ4n) is 1.62. The SMILES string of the molecule is NC(=O)Nc1cccc(NC(=O)c2ccc[nH]c2=O)c1. The van der Waals surface area contributed by atoms with Crippen molar-refractivity contribution in [1.82, 2.24) is 4.98 Å². The van der Waals surface area contributed by atoms with Gasteiger partial charge >= 0.3 is 6.03 Å². The van der Waals surface area contributed by atoms with Crippen LogP contribution in [0.4, 0.5) is 16.2 Å². The van der Waals surface area contributed by atoms with Crippen molar-refractivity contribution in [3.8, 4) is 0 Å². The van der Waals surface area contributed by atoms with Gasteiger partial charge in [0.05, 0.1) is 0 Å². The summed E-state index contributed by atoms with van der Waals surface area (Å²) in [5, 5.41) is 4.95. The maximum absolute atomic E-state index is 11.9. The molecule has 0 aliphatic heterocycles. The Balaban J connectivity index is 2.18. The average Bonchev–Trinajstić information content (AvgIpc) is 2.38. The highest BCUT2D eigenvalue weighted by atomic mass is 16.2. The minimum atomic E-state index is -0.701. The van der Waals surface area contributed by atoms with Gasteiger partial charge in [0.2, 0.25) is 0 Å². The number of primary amides is 1. The van der Waals surface area contributed by atoms with Crippen molar-refractivity contribution in [3.05, 3.63) is 58.5 Å². The lowest BCUT2D eigenvalue weighted by Gasteiger charge is -2.07. The smallest absolute Gasteiger partial charge is 0.316 e. The van der Waals surface area contributed by atoms with Crippen molar-refractivity contribution in [3.63, 3.8) is 0 Å². The number of H-pyrrole nitrogens is 1. The van der Waals surface area contributed by atoms with Gasteiger partial charge in [-0.15, -0.1) is 0 Å². The third-order valence-electron chi connectivity index (χ3n) is 2.45. The van der Waals surface area contributed by atoms with Gasteiger partial charge in [-0.05, 0) is 30.3 Å². The molecule has 0 saturated heterocycles. The van der Waals surface area contributed by atoms with Crippen LogP contribution in [0.3, 0.4) is 0 Å². The third kappa shape index (κ3) is 3.22. The van der Waals surface area contributed by atoms with Gasteiger partial charge in [0.25, 0.3) is 11.5 Å². The van der Waals surface area contributed by atoms with Crippen LogP contribution in [0.15, 0.2) is 47.4 Å². The molecule has 0 radical (unpaired) electrons. The quantitative estimate of drug-likeness (QED) is 0.670. The number of carbonyl (C=O) groups excluding carboxylic acids is 2. The highest BCUT2D eigenvalue weighted by Crippen LogP contribution is 2.15. The number of amides is 3. The molecule has 0 spiro atoms. The monoisotopic (exact) mass is 272 g/mol. The predicted molar refractivity (Wildman–Crippen MR) is 74.7 cm³/mol. The number of carbonyl (C=O) groups is 2. The minimum Gasteiger partial charge on any atom is -0.351 e. The summed E-state index contributed by atoms with van der Waals surface area (Å²) in [6.07, 6.45) is 1.44. The Bertz CT molecular complexity index is 709. The van der Waals surface area contributed by atoms with Crippen molar-refractivity contribution in [1.29, 1.82) is 0 Å². The van der Waals surface area contributed by atoms with Gasteiger partial charge in [-0.25, -0.2) is 4.79 Å². The molecule has 7 nitrogen and oxygen atoms in total. The highest BCUT2D eigenvalue weighted by molar-refractivity contribution is 6.04. The number of urea groups is 1. The van der Waals surface area contributed by atoms with Crippen LogP contribution in [0.1, 0.15) is 10.4 Å². The molecule has 3 amide bonds. The zero-order valence-corrected chi connectivity index (χ0v) is 10.3. The number of hydrogen-bond donors (Lipinski definition) is 4. The normalized spacial score (nSPS) is 9.80. The Hall–Kier alpha value is -3.09. The van der Waals surface area contributed by atoms with E-state index in [9.17, 15) is 14.4 Å². The molecule has 0 saturated carbocycles. The molecule has 7 heteroatoms. The van der Waals surface area contributed by atoms with Crippen molar-refractivity contribution < 1.29 is 9.59 Å². The Kier molecular flexibility index (Phi) is 3.80. The molecule has 2 aromatic rings. The number of nitrogens with one attached hydrogen (secondary N) is 3. The molecule has 0 unspecified atom stereocenters. The van der Waals surface area contributed by atoms with Crippen LogP contribution >= 0.6 is 0 Å². The molecule has 1 aromatic heterocycles. The van der Waals surface area contributed by atoms with Gasteiger partial charge in [-0.2, -0.15) is 0 Å². The van der Waals surface area contributed by atoms with Gasteiger partial charge in [0, 0.05) is 17.6 Å². The third-order valence-corrected chi connectivity index (χ3v) is 2.45. The van der Waals surface area contributed by atoms with Crippen LogP contribution in [-0.2, 0) is 0 Å². The van der Waals surface area contributed by atoms with E-state index in [1.165, 1.54) is 18.3 Å². The molecule has 0 bridgehead atoms. The van der Waals surface area contributed by atoms with Gasteiger partial charge in [-0.1, -0.05) is 6.07 Å². The number of hydrogen-bond acceptors (Lipinski definition) is 3. The summed E-state index contributed by atoms with van der Waals surface area (Å²) in [5.74, 6) is -0.539. The van der Waals surface area contributed by atoms with Crippen molar-refractivity contribution in [2.45, 2.75) is 0 Å². The average molecular weight is 272 g/mol. The molecule has 20 heavy (non-hydrogen) atoms. The summed E-state index contributed by atoms with van der Waals surface area (Å²) >= 11 is 0. The summed E-state index contributed by atoms with van der Waals surface area (Å²) in [6.45, 7) is 0. The molecule has 0 fully saturated rings. The largest absolute Gasteiger partial charge is 0.351 e. The topological polar surface area (TPSA) is 117 Å². The molecule has 0 atom stereocenters. The van der Waals surface area contributed by atoms with E-state index in [-0.39, 0.29) is 5.56 Å². The summed E-state index contributed by atoms with van der Waals surface area (Å²) in [6, 6.07) is 8.68. The molecule has 0 aliphatic rings. The van der Waals surface area contributed by atoms with Gasteiger partial charge in [0.15, 0.2) is 0 Å². The van der Waals surface area contributed by atoms with E-state index in [0.29, 0.717) is 11.4 Å². The lowest BCUT2D eigenvalue weighted by atomic mass is 10.2. The van der Waals surface area contributed by atoms with E-state index in [4.69, 9.17) is 5.73 Å². The lowest BCUT2D eigenvalue weighted by Crippen LogP contribution is -2.22. The Morgan fingerprint density at radius 2 is 1.75 bits per heavy atom. The van der Waals surface area contributed by atoms with Crippen LogP contribution in [0, 0.1) is 0 Å². The molecule has 0 aliphatic carbocycles. The zero-order chi connectivity index (χ0) is 14.5. The molecule has 102 valence electrons. The maximum Gasteiger partial charge on any atom is 0.316 e. The van der Waals surface area contributed by atoms with Gasteiger partial charge in [0.1, 0.15) is 5.56 Å². The minimum absolute atomic E-state index is 0.000707. The van der Waals surface area contributed by atoms with Crippen LogP contribution in [0.2, 0.25) is 0 Å². The van der Waals surface area contributed by atoms with Crippen LogP contribution in [0.5, 0.6) is 0 Å². The number of aromatic nitrogens is 1. The fraction of sp³-hybridized carbons (Fsp3) is 0. The fourth-order valence-corrected chi connectivity index (χ4v) is 1.62. The van der Waals surface area contributed by atoms with Crippen molar-refractivity contribution >= 4 is 23.3 Å². The molecule has 1 aromatic carbocycles. The molecular weight excluding hydrogens is 260 g/mol. The van der Waals surface area contributed by atoms with E-state index in [0.717, 1.165) is 0 Å². The van der Waals surface area contributed by atoms with E-state index >= 15 is 0 Å². The summed E-state index contributed by atoms with van der Waals surface area (Å²) in [4.78, 5) is 36.6. The second kappa shape index (κ2) is 5.70. The number of nitrogens with two attached hydrogens (primary N) is 1. The van der Waals surface area contributed by atoms with Gasteiger partial charge in [-0.3, -0.25) is 9.59 Å². The van der Waals surface area contributed by atoms with E-state index in [1.807, 2.05) is 0 Å². The first kappa shape index (κ1) is 13.3. The standard InChI is InChI=1S/C13H12N4O3/c14-13(20)17-9-4-1-3-8(7-9)16-12(19)10-5-2-6-15-11(10)18/h1-7H,(H,15,18)(H,16,19)(H3,14,17,20). The number of benzene rings is 1. The van der Waals surface area contributed by atoms with E-state index in [2.05, 4.69) is 15.6 Å². The highest BCUT2D eigenvalue weighted by Gasteiger charge is 2.10. The first-order valence-corrected chi connectivity index (χ1v) is 5.72. The molecule has 1 heterocycles. The van der Waals surface area contributed by atoms with Crippen LogP contribution < -0.4 is 21.9 Å². The second-order valence-electron chi connectivity index (χ2n) is 3.94. The molecular formula is C13H12N4O3. The van der Waals surface area contributed by atoms with Crippen molar-refractivity contribution in [2.75, 3.05) is 10.6 Å². The number of rotatable bonds is 3. The Labute approximate surface area is 113 Å². The summed E-state index contributed by atoms with van der Waals surface area (Å²) in [5.41, 5.74) is 5.41. The molecule has 5 N–H and O–H groups in total. The first-order valence-electron chi connectivity index (χ1n) is 5.72. The van der Waals surface area contributed by atoms with Crippen LogP contribution in [-0.4, -0.2) is 16.9 Å². The Morgan fingerprint density at radius 3 is 2.40 bits per heavy atom. The van der Waals surface area contributed by atoms with Crippen molar-refractivity contribution in [2.24, 2.45) is 5.73 Å². The second-order valence-corrected chi connectivity index (χ2v) is 3.94. The van der Waals surface area contributed by atoms with Crippen LogP contribution in [0.25, 0.3) is 0 Å². The predicted octanol–water partition coefficient (Wildman–Crippen LogP) is 1.12.